The van der Waals surface area contributed by atoms with Gasteiger partial charge in [-0.25, -0.2) is 4.68 Å². The third-order valence-electron chi connectivity index (χ3n) is 5.84. The molecule has 2 aromatic rings. The van der Waals surface area contributed by atoms with Crippen LogP contribution in [0.25, 0.3) is 0 Å². The van der Waals surface area contributed by atoms with E-state index in [4.69, 9.17) is 4.74 Å². The van der Waals surface area contributed by atoms with Crippen molar-refractivity contribution in [3.63, 3.8) is 0 Å². The third-order valence-corrected chi connectivity index (χ3v) is 5.84. The second-order valence-corrected chi connectivity index (χ2v) is 7.79. The Kier molecular flexibility index (Phi) is 6.51. The fourth-order valence-electron chi connectivity index (χ4n) is 4.21. The molecule has 2 aliphatic heterocycles. The normalized spacial score (nSPS) is 21.4. The Bertz CT molecular complexity index is 781. The summed E-state index contributed by atoms with van der Waals surface area (Å²) in [4.78, 5) is 17.0. The summed E-state index contributed by atoms with van der Waals surface area (Å²) in [6.07, 6.45) is 3.72. The van der Waals surface area contributed by atoms with Crippen molar-refractivity contribution in [2.45, 2.75) is 51.3 Å². The van der Waals surface area contributed by atoms with E-state index < -0.39 is 0 Å². The molecule has 1 amide bonds. The molecule has 8 nitrogen and oxygen atoms in total. The van der Waals surface area contributed by atoms with Crippen LogP contribution in [0.1, 0.15) is 50.0 Å². The SMILES string of the molecule is CCCCn1nnnc1C(c1ccccc1)N1CCN(C(=O)C2CCCO2)CC1. The number of aryl methyl sites for hydroxylation is 1. The van der Waals surface area contributed by atoms with Crippen LogP contribution in [0.4, 0.5) is 0 Å². The van der Waals surface area contributed by atoms with Gasteiger partial charge in [-0.2, -0.15) is 0 Å². The lowest BCUT2D eigenvalue weighted by Gasteiger charge is -2.39. The molecule has 2 atom stereocenters. The molecule has 29 heavy (non-hydrogen) atoms. The average molecular weight is 399 g/mol. The molecule has 2 unspecified atom stereocenters. The number of ether oxygens (including phenoxy) is 1. The minimum absolute atomic E-state index is 0.0111. The van der Waals surface area contributed by atoms with Crippen LogP contribution >= 0.6 is 0 Å². The van der Waals surface area contributed by atoms with Crippen LogP contribution in [0.5, 0.6) is 0 Å². The number of carbonyl (C=O) groups excluding carboxylic acids is 1. The molecular formula is C21H30N6O2. The number of tetrazole rings is 1. The second kappa shape index (κ2) is 9.45. The first-order chi connectivity index (χ1) is 14.3. The summed E-state index contributed by atoms with van der Waals surface area (Å²) in [5.74, 6) is 1.02. The number of amides is 1. The minimum atomic E-state index is -0.243. The van der Waals surface area contributed by atoms with E-state index in [-0.39, 0.29) is 18.1 Å². The summed E-state index contributed by atoms with van der Waals surface area (Å²) in [6.45, 7) is 6.68. The van der Waals surface area contributed by atoms with Crippen molar-refractivity contribution in [3.8, 4) is 0 Å². The van der Waals surface area contributed by atoms with Crippen LogP contribution in [0.2, 0.25) is 0 Å². The van der Waals surface area contributed by atoms with Crippen molar-refractivity contribution >= 4 is 5.91 Å². The number of hydrogen-bond donors (Lipinski definition) is 0. The number of hydrogen-bond acceptors (Lipinski definition) is 6. The van der Waals surface area contributed by atoms with Crippen LogP contribution in [0.15, 0.2) is 30.3 Å². The molecule has 3 heterocycles. The molecule has 1 aromatic heterocycles. The highest BCUT2D eigenvalue weighted by Gasteiger charge is 2.34. The van der Waals surface area contributed by atoms with Crippen LogP contribution in [0.3, 0.4) is 0 Å². The van der Waals surface area contributed by atoms with Crippen molar-refractivity contribution in [2.24, 2.45) is 0 Å². The Morgan fingerprint density at radius 1 is 1.21 bits per heavy atom. The lowest BCUT2D eigenvalue weighted by molar-refractivity contribution is -0.142. The molecule has 4 rings (SSSR count). The molecule has 0 bridgehead atoms. The van der Waals surface area contributed by atoms with Gasteiger partial charge in [-0.1, -0.05) is 43.7 Å². The second-order valence-electron chi connectivity index (χ2n) is 7.79. The van der Waals surface area contributed by atoms with Gasteiger partial charge in [-0.15, -0.1) is 5.10 Å². The number of benzene rings is 1. The summed E-state index contributed by atoms with van der Waals surface area (Å²) in [6, 6.07) is 10.4. The highest BCUT2D eigenvalue weighted by molar-refractivity contribution is 5.81. The third kappa shape index (κ3) is 4.48. The molecule has 0 radical (unpaired) electrons. The zero-order valence-corrected chi connectivity index (χ0v) is 17.1. The smallest absolute Gasteiger partial charge is 0.251 e. The van der Waals surface area contributed by atoms with Crippen molar-refractivity contribution in [2.75, 3.05) is 32.8 Å². The van der Waals surface area contributed by atoms with Gasteiger partial charge in [-0.05, 0) is 35.3 Å². The van der Waals surface area contributed by atoms with Crippen LogP contribution in [0, 0.1) is 0 Å². The first-order valence-electron chi connectivity index (χ1n) is 10.7. The van der Waals surface area contributed by atoms with Crippen molar-refractivity contribution in [3.05, 3.63) is 41.7 Å². The maximum atomic E-state index is 12.7. The Morgan fingerprint density at radius 2 is 2.00 bits per heavy atom. The molecule has 1 aromatic carbocycles. The molecule has 0 spiro atoms. The predicted molar refractivity (Wildman–Crippen MR) is 108 cm³/mol. The summed E-state index contributed by atoms with van der Waals surface area (Å²) in [5.41, 5.74) is 1.18. The van der Waals surface area contributed by atoms with E-state index in [2.05, 4.69) is 51.6 Å². The Labute approximate surface area is 171 Å². The minimum Gasteiger partial charge on any atom is -0.368 e. The van der Waals surface area contributed by atoms with E-state index >= 15 is 0 Å². The molecule has 2 aliphatic rings. The van der Waals surface area contributed by atoms with E-state index in [1.165, 1.54) is 5.56 Å². The van der Waals surface area contributed by atoms with E-state index in [0.29, 0.717) is 19.7 Å². The van der Waals surface area contributed by atoms with Gasteiger partial charge in [0.1, 0.15) is 6.10 Å². The quantitative estimate of drug-likeness (QED) is 0.709. The van der Waals surface area contributed by atoms with E-state index in [0.717, 1.165) is 51.1 Å². The molecule has 2 fully saturated rings. The molecule has 0 aliphatic carbocycles. The lowest BCUT2D eigenvalue weighted by atomic mass is 10.0. The first-order valence-corrected chi connectivity index (χ1v) is 10.7. The largest absolute Gasteiger partial charge is 0.368 e. The highest BCUT2D eigenvalue weighted by Crippen LogP contribution is 2.28. The molecule has 0 saturated carbocycles. The maximum Gasteiger partial charge on any atom is 0.251 e. The van der Waals surface area contributed by atoms with Crippen LogP contribution in [-0.2, 0) is 16.1 Å². The molecule has 156 valence electrons. The van der Waals surface area contributed by atoms with E-state index in [1.807, 2.05) is 15.6 Å². The lowest BCUT2D eigenvalue weighted by Crippen LogP contribution is -2.52. The fourth-order valence-corrected chi connectivity index (χ4v) is 4.21. The molecule has 0 N–H and O–H groups in total. The van der Waals surface area contributed by atoms with E-state index in [1.54, 1.807) is 0 Å². The molecular weight excluding hydrogens is 368 g/mol. The van der Waals surface area contributed by atoms with Crippen LogP contribution < -0.4 is 0 Å². The highest BCUT2D eigenvalue weighted by atomic mass is 16.5. The van der Waals surface area contributed by atoms with Crippen LogP contribution in [-0.4, -0.2) is 74.8 Å². The molecule has 8 heteroatoms. The van der Waals surface area contributed by atoms with Gasteiger partial charge >= 0.3 is 0 Å². The summed E-state index contributed by atoms with van der Waals surface area (Å²) >= 11 is 0. The topological polar surface area (TPSA) is 76.4 Å². The van der Waals surface area contributed by atoms with Crippen molar-refractivity contribution in [1.82, 2.24) is 30.0 Å². The van der Waals surface area contributed by atoms with Gasteiger partial charge in [-0.3, -0.25) is 9.69 Å². The number of carbonyl (C=O) groups is 1. The zero-order valence-electron chi connectivity index (χ0n) is 17.1. The average Bonchev–Trinajstić information content (AvgIpc) is 3.46. The standard InChI is InChI=1S/C21H30N6O2/c1-2-3-11-27-20(22-23-24-27)19(17-8-5-4-6-9-17)25-12-14-26(15-13-25)21(28)18-10-7-16-29-18/h4-6,8-9,18-19H,2-3,7,10-16H2,1H3. The number of unbranched alkanes of at least 4 members (excludes halogenated alkanes) is 1. The van der Waals surface area contributed by atoms with Gasteiger partial charge in [0.15, 0.2) is 5.82 Å². The Morgan fingerprint density at radius 3 is 2.69 bits per heavy atom. The number of aromatic nitrogens is 4. The summed E-state index contributed by atoms with van der Waals surface area (Å²) < 4.78 is 7.52. The zero-order chi connectivity index (χ0) is 20.1. The molecule has 2 saturated heterocycles. The van der Waals surface area contributed by atoms with E-state index in [9.17, 15) is 4.79 Å². The maximum absolute atomic E-state index is 12.7. The monoisotopic (exact) mass is 398 g/mol. The van der Waals surface area contributed by atoms with Gasteiger partial charge < -0.3 is 9.64 Å². The Hall–Kier alpha value is -2.32. The van der Waals surface area contributed by atoms with Gasteiger partial charge in [0.05, 0.1) is 6.04 Å². The summed E-state index contributed by atoms with van der Waals surface area (Å²) in [7, 11) is 0. The van der Waals surface area contributed by atoms with Crippen molar-refractivity contribution in [1.29, 1.82) is 0 Å². The fraction of sp³-hybridized carbons (Fsp3) is 0.619. The first kappa shape index (κ1) is 20.0. The predicted octanol–water partition coefficient (Wildman–Crippen LogP) is 1.89. The number of rotatable bonds is 7. The van der Waals surface area contributed by atoms with Crippen molar-refractivity contribution < 1.29 is 9.53 Å². The number of nitrogens with zero attached hydrogens (tertiary/aromatic N) is 6. The summed E-state index contributed by atoms with van der Waals surface area (Å²) in [5, 5.41) is 12.6. The van der Waals surface area contributed by atoms with Gasteiger partial charge in [0.2, 0.25) is 0 Å². The van der Waals surface area contributed by atoms with Gasteiger partial charge in [0, 0.05) is 39.3 Å². The Balaban J connectivity index is 1.51. The van der Waals surface area contributed by atoms with Gasteiger partial charge in [0.25, 0.3) is 5.91 Å². The number of piperazine rings is 1.